The molecule has 0 N–H and O–H groups in total. The fraction of sp³-hybridized carbons (Fsp3) is 0.375. The number of aromatic nitrogens is 3. The summed E-state index contributed by atoms with van der Waals surface area (Å²) in [7, 11) is 1.69. The van der Waals surface area contributed by atoms with E-state index in [9.17, 15) is 14.4 Å². The number of anilines is 1. The van der Waals surface area contributed by atoms with E-state index in [0.29, 0.717) is 34.6 Å². The van der Waals surface area contributed by atoms with Crippen molar-refractivity contribution in [2.24, 2.45) is 7.05 Å². The Morgan fingerprint density at radius 2 is 1.81 bits per heavy atom. The summed E-state index contributed by atoms with van der Waals surface area (Å²) in [5.74, 6) is 0.184. The fourth-order valence-electron chi connectivity index (χ4n) is 3.93. The molecule has 1 aromatic carbocycles. The lowest BCUT2D eigenvalue weighted by Crippen LogP contribution is -2.25. The molecule has 0 atom stereocenters. The van der Waals surface area contributed by atoms with Gasteiger partial charge in [-0.2, -0.15) is 0 Å². The zero-order valence-corrected chi connectivity index (χ0v) is 18.3. The van der Waals surface area contributed by atoms with Crippen molar-refractivity contribution in [2.45, 2.75) is 32.6 Å². The number of ether oxygens (including phenoxy) is 1. The first kappa shape index (κ1) is 21.7. The number of carbonyl (C=O) groups is 2. The third-order valence-electron chi connectivity index (χ3n) is 5.65. The molecule has 0 saturated carbocycles. The van der Waals surface area contributed by atoms with Crippen LogP contribution in [0.2, 0.25) is 0 Å². The van der Waals surface area contributed by atoms with E-state index in [0.717, 1.165) is 31.5 Å². The number of aryl methyl sites for hydroxylation is 1. The SMILES string of the molecule is CCOC(=O)CCC(=O)c1ccc(-c2cc3ncn(C)c(=O)c3c(N3CCCC3)n2)cc1. The Hall–Kier alpha value is -3.55. The van der Waals surface area contributed by atoms with Crippen molar-refractivity contribution in [3.63, 3.8) is 0 Å². The van der Waals surface area contributed by atoms with Gasteiger partial charge in [0.15, 0.2) is 5.78 Å². The van der Waals surface area contributed by atoms with E-state index in [1.54, 1.807) is 26.1 Å². The number of hydrogen-bond donors (Lipinski definition) is 0. The molecule has 0 aliphatic carbocycles. The van der Waals surface area contributed by atoms with Gasteiger partial charge in [0.2, 0.25) is 0 Å². The van der Waals surface area contributed by atoms with E-state index in [-0.39, 0.29) is 30.2 Å². The number of Topliss-reactive ketones (excluding diaryl/α,β-unsaturated/α-hetero) is 1. The fourth-order valence-corrected chi connectivity index (χ4v) is 3.93. The van der Waals surface area contributed by atoms with Gasteiger partial charge in [-0.1, -0.05) is 24.3 Å². The van der Waals surface area contributed by atoms with Crippen LogP contribution in [0.15, 0.2) is 41.5 Å². The van der Waals surface area contributed by atoms with Crippen molar-refractivity contribution in [1.82, 2.24) is 14.5 Å². The number of fused-ring (bicyclic) bond motifs is 1. The molecule has 2 aromatic heterocycles. The number of rotatable bonds is 7. The minimum Gasteiger partial charge on any atom is -0.466 e. The summed E-state index contributed by atoms with van der Waals surface area (Å²) in [6.45, 7) is 3.76. The predicted molar refractivity (Wildman–Crippen MR) is 122 cm³/mol. The van der Waals surface area contributed by atoms with Gasteiger partial charge in [0.05, 0.1) is 30.6 Å². The Kier molecular flexibility index (Phi) is 6.30. The molecular weight excluding hydrogens is 408 g/mol. The molecule has 3 heterocycles. The van der Waals surface area contributed by atoms with Crippen molar-refractivity contribution in [2.75, 3.05) is 24.6 Å². The zero-order valence-electron chi connectivity index (χ0n) is 18.3. The second-order valence-electron chi connectivity index (χ2n) is 7.89. The van der Waals surface area contributed by atoms with Crippen molar-refractivity contribution in [3.8, 4) is 11.3 Å². The number of benzene rings is 1. The summed E-state index contributed by atoms with van der Waals surface area (Å²) in [6.07, 6.45) is 3.83. The minimum absolute atomic E-state index is 0.0699. The second-order valence-corrected chi connectivity index (χ2v) is 7.89. The highest BCUT2D eigenvalue weighted by Crippen LogP contribution is 2.29. The summed E-state index contributed by atoms with van der Waals surface area (Å²) >= 11 is 0. The van der Waals surface area contributed by atoms with Gasteiger partial charge in [0, 0.05) is 37.7 Å². The third-order valence-corrected chi connectivity index (χ3v) is 5.65. The van der Waals surface area contributed by atoms with Gasteiger partial charge in [-0.15, -0.1) is 0 Å². The summed E-state index contributed by atoms with van der Waals surface area (Å²) in [5, 5.41) is 0.534. The predicted octanol–water partition coefficient (Wildman–Crippen LogP) is 3.12. The van der Waals surface area contributed by atoms with E-state index < -0.39 is 0 Å². The van der Waals surface area contributed by atoms with E-state index in [1.165, 1.54) is 10.9 Å². The Labute approximate surface area is 185 Å². The molecule has 0 bridgehead atoms. The normalized spacial score (nSPS) is 13.5. The molecule has 0 spiro atoms. The molecule has 32 heavy (non-hydrogen) atoms. The molecule has 8 heteroatoms. The van der Waals surface area contributed by atoms with Crippen LogP contribution in [0, 0.1) is 0 Å². The molecule has 166 valence electrons. The topological polar surface area (TPSA) is 94.4 Å². The van der Waals surface area contributed by atoms with Crippen molar-refractivity contribution in [3.05, 3.63) is 52.6 Å². The quantitative estimate of drug-likeness (QED) is 0.416. The second kappa shape index (κ2) is 9.30. The molecule has 8 nitrogen and oxygen atoms in total. The third kappa shape index (κ3) is 4.39. The Bertz CT molecular complexity index is 1210. The average molecular weight is 434 g/mol. The summed E-state index contributed by atoms with van der Waals surface area (Å²) < 4.78 is 6.35. The average Bonchev–Trinajstić information content (AvgIpc) is 3.34. The highest BCUT2D eigenvalue weighted by Gasteiger charge is 2.21. The van der Waals surface area contributed by atoms with Gasteiger partial charge in [0.1, 0.15) is 11.2 Å². The molecule has 3 aromatic rings. The maximum atomic E-state index is 12.8. The minimum atomic E-state index is -0.370. The van der Waals surface area contributed by atoms with Crippen LogP contribution in [0.1, 0.15) is 43.0 Å². The Morgan fingerprint density at radius 1 is 1.09 bits per heavy atom. The molecule has 1 aliphatic heterocycles. The molecular formula is C24H26N4O4. The Morgan fingerprint density at radius 3 is 2.50 bits per heavy atom. The van der Waals surface area contributed by atoms with Crippen molar-refractivity contribution < 1.29 is 14.3 Å². The van der Waals surface area contributed by atoms with Gasteiger partial charge >= 0.3 is 5.97 Å². The summed E-state index contributed by atoms with van der Waals surface area (Å²) in [4.78, 5) is 48.1. The van der Waals surface area contributed by atoms with E-state index in [4.69, 9.17) is 9.72 Å². The number of nitrogens with zero attached hydrogens (tertiary/aromatic N) is 4. The maximum absolute atomic E-state index is 12.8. The number of ketones is 1. The lowest BCUT2D eigenvalue weighted by molar-refractivity contribution is -0.143. The van der Waals surface area contributed by atoms with Crippen LogP contribution >= 0.6 is 0 Å². The van der Waals surface area contributed by atoms with Gasteiger partial charge in [0.25, 0.3) is 5.56 Å². The number of carbonyl (C=O) groups excluding carboxylic acids is 2. The zero-order chi connectivity index (χ0) is 22.7. The van der Waals surface area contributed by atoms with Crippen LogP contribution in [0.4, 0.5) is 5.82 Å². The van der Waals surface area contributed by atoms with Crippen LogP contribution in [0.25, 0.3) is 22.2 Å². The van der Waals surface area contributed by atoms with Crippen LogP contribution in [0.3, 0.4) is 0 Å². The molecule has 0 amide bonds. The first-order valence-electron chi connectivity index (χ1n) is 10.9. The molecule has 0 radical (unpaired) electrons. The number of pyridine rings is 1. The standard InChI is InChI=1S/C24H26N4O4/c1-3-32-21(30)11-10-20(29)17-8-6-16(7-9-17)18-14-19-22(24(31)27(2)15-25-19)23(26-18)28-12-4-5-13-28/h6-9,14-15H,3-5,10-13H2,1-2H3. The first-order valence-corrected chi connectivity index (χ1v) is 10.9. The van der Waals surface area contributed by atoms with Crippen molar-refractivity contribution >= 4 is 28.5 Å². The highest BCUT2D eigenvalue weighted by molar-refractivity contribution is 5.98. The molecule has 0 unspecified atom stereocenters. The Balaban J connectivity index is 1.65. The van der Waals surface area contributed by atoms with E-state index in [1.807, 2.05) is 18.2 Å². The van der Waals surface area contributed by atoms with Crippen LogP contribution < -0.4 is 10.5 Å². The summed E-state index contributed by atoms with van der Waals surface area (Å²) in [6, 6.07) is 8.96. The summed E-state index contributed by atoms with van der Waals surface area (Å²) in [5.41, 5.74) is 2.56. The van der Waals surface area contributed by atoms with Gasteiger partial charge < -0.3 is 14.2 Å². The van der Waals surface area contributed by atoms with Gasteiger partial charge in [-0.05, 0) is 25.8 Å². The van der Waals surface area contributed by atoms with Crippen LogP contribution in [-0.2, 0) is 16.6 Å². The van der Waals surface area contributed by atoms with Crippen LogP contribution in [-0.4, -0.2) is 46.0 Å². The molecule has 1 fully saturated rings. The number of esters is 1. The monoisotopic (exact) mass is 434 g/mol. The first-order chi connectivity index (χ1) is 15.5. The highest BCUT2D eigenvalue weighted by atomic mass is 16.5. The lowest BCUT2D eigenvalue weighted by Gasteiger charge is -2.19. The maximum Gasteiger partial charge on any atom is 0.306 e. The van der Waals surface area contributed by atoms with Crippen molar-refractivity contribution in [1.29, 1.82) is 0 Å². The smallest absolute Gasteiger partial charge is 0.306 e. The molecule has 1 aliphatic rings. The van der Waals surface area contributed by atoms with Gasteiger partial charge in [-0.3, -0.25) is 14.4 Å². The number of hydrogen-bond acceptors (Lipinski definition) is 7. The van der Waals surface area contributed by atoms with E-state index in [2.05, 4.69) is 9.88 Å². The molecule has 1 saturated heterocycles. The van der Waals surface area contributed by atoms with E-state index >= 15 is 0 Å². The lowest BCUT2D eigenvalue weighted by atomic mass is 10.0. The van der Waals surface area contributed by atoms with Crippen LogP contribution in [0.5, 0.6) is 0 Å². The largest absolute Gasteiger partial charge is 0.466 e. The molecule has 4 rings (SSSR count). The van der Waals surface area contributed by atoms with Gasteiger partial charge in [-0.25, -0.2) is 9.97 Å².